The molecule has 0 bridgehead atoms. The maximum Gasteiger partial charge on any atom is 0.323 e. The van der Waals surface area contributed by atoms with Crippen molar-refractivity contribution in [2.45, 2.75) is 52.0 Å². The summed E-state index contributed by atoms with van der Waals surface area (Å²) in [5, 5.41) is 0. The highest BCUT2D eigenvalue weighted by Gasteiger charge is 2.39. The van der Waals surface area contributed by atoms with E-state index in [4.69, 9.17) is 10.5 Å². The second kappa shape index (κ2) is 4.97. The van der Waals surface area contributed by atoms with Crippen LogP contribution in [-0.2, 0) is 9.53 Å². The summed E-state index contributed by atoms with van der Waals surface area (Å²) in [7, 11) is 1.40. The quantitative estimate of drug-likeness (QED) is 0.730. The van der Waals surface area contributed by atoms with Gasteiger partial charge in [0.05, 0.1) is 7.11 Å². The van der Waals surface area contributed by atoms with Gasteiger partial charge in [-0.05, 0) is 24.2 Å². The molecule has 1 unspecified atom stereocenters. The van der Waals surface area contributed by atoms with Gasteiger partial charge in [0.1, 0.15) is 6.04 Å². The average molecular weight is 213 g/mol. The van der Waals surface area contributed by atoms with E-state index in [-0.39, 0.29) is 11.4 Å². The van der Waals surface area contributed by atoms with Gasteiger partial charge in [0.25, 0.3) is 0 Å². The van der Waals surface area contributed by atoms with Crippen molar-refractivity contribution in [3.05, 3.63) is 0 Å². The summed E-state index contributed by atoms with van der Waals surface area (Å²) >= 11 is 0. The molecular formula is C12H23NO2. The molecule has 1 aliphatic carbocycles. The average Bonchev–Trinajstić information content (AvgIpc) is 2.28. The first kappa shape index (κ1) is 12.5. The van der Waals surface area contributed by atoms with E-state index in [1.165, 1.54) is 39.2 Å². The first-order chi connectivity index (χ1) is 7.00. The van der Waals surface area contributed by atoms with Crippen LogP contribution in [0, 0.1) is 11.3 Å². The molecular weight excluding hydrogens is 190 g/mol. The van der Waals surface area contributed by atoms with Crippen molar-refractivity contribution in [1.29, 1.82) is 0 Å². The number of hydrogen-bond acceptors (Lipinski definition) is 3. The molecule has 2 N–H and O–H groups in total. The zero-order valence-corrected chi connectivity index (χ0v) is 10.1. The van der Waals surface area contributed by atoms with Gasteiger partial charge in [0.15, 0.2) is 0 Å². The van der Waals surface area contributed by atoms with Crippen molar-refractivity contribution in [1.82, 2.24) is 0 Å². The van der Waals surface area contributed by atoms with Gasteiger partial charge in [-0.1, -0.05) is 33.1 Å². The molecule has 1 rings (SSSR count). The summed E-state index contributed by atoms with van der Waals surface area (Å²) in [4.78, 5) is 11.5. The number of methoxy groups -OCH3 is 1. The third kappa shape index (κ3) is 2.71. The molecule has 0 amide bonds. The number of nitrogens with two attached hydrogens (primary N) is 1. The molecule has 15 heavy (non-hydrogen) atoms. The molecule has 1 saturated carbocycles. The lowest BCUT2D eigenvalue weighted by Crippen LogP contribution is -2.49. The SMILES string of the molecule is COC(=O)C(N)C(C)(C)C1CCCCC1. The van der Waals surface area contributed by atoms with Crippen LogP contribution in [0.2, 0.25) is 0 Å². The summed E-state index contributed by atoms with van der Waals surface area (Å²) in [5.41, 5.74) is 5.82. The zero-order valence-electron chi connectivity index (χ0n) is 10.1. The maximum absolute atomic E-state index is 11.5. The van der Waals surface area contributed by atoms with E-state index >= 15 is 0 Å². The normalized spacial score (nSPS) is 21.1. The van der Waals surface area contributed by atoms with Crippen molar-refractivity contribution >= 4 is 5.97 Å². The largest absolute Gasteiger partial charge is 0.468 e. The maximum atomic E-state index is 11.5. The van der Waals surface area contributed by atoms with Crippen LogP contribution in [0.15, 0.2) is 0 Å². The minimum Gasteiger partial charge on any atom is -0.468 e. The first-order valence-electron chi connectivity index (χ1n) is 5.83. The van der Waals surface area contributed by atoms with Crippen molar-refractivity contribution < 1.29 is 9.53 Å². The predicted molar refractivity (Wildman–Crippen MR) is 60.3 cm³/mol. The Morgan fingerprint density at radius 3 is 2.33 bits per heavy atom. The van der Waals surface area contributed by atoms with Crippen molar-refractivity contribution in [3.8, 4) is 0 Å². The molecule has 0 saturated heterocycles. The second-order valence-electron chi connectivity index (χ2n) is 5.16. The highest BCUT2D eigenvalue weighted by Crippen LogP contribution is 2.40. The van der Waals surface area contributed by atoms with Crippen LogP contribution in [0.4, 0.5) is 0 Å². The second-order valence-corrected chi connectivity index (χ2v) is 5.16. The summed E-state index contributed by atoms with van der Waals surface area (Å²) in [5.74, 6) is 0.269. The highest BCUT2D eigenvalue weighted by atomic mass is 16.5. The lowest BCUT2D eigenvalue weighted by Gasteiger charge is -2.39. The summed E-state index contributed by atoms with van der Waals surface area (Å²) < 4.78 is 4.73. The predicted octanol–water partition coefficient (Wildman–Crippen LogP) is 2.09. The monoisotopic (exact) mass is 213 g/mol. The van der Waals surface area contributed by atoms with Gasteiger partial charge >= 0.3 is 5.97 Å². The van der Waals surface area contributed by atoms with Gasteiger partial charge < -0.3 is 10.5 Å². The molecule has 3 heteroatoms. The van der Waals surface area contributed by atoms with E-state index in [1.54, 1.807) is 0 Å². The van der Waals surface area contributed by atoms with E-state index in [9.17, 15) is 4.79 Å². The summed E-state index contributed by atoms with van der Waals surface area (Å²) in [6, 6.07) is -0.495. The Hall–Kier alpha value is -0.570. The van der Waals surface area contributed by atoms with Gasteiger partial charge in [-0.15, -0.1) is 0 Å². The van der Waals surface area contributed by atoms with E-state index in [0.717, 1.165) is 0 Å². The molecule has 0 aromatic rings. The molecule has 88 valence electrons. The van der Waals surface area contributed by atoms with Gasteiger partial charge in [-0.25, -0.2) is 0 Å². The Morgan fingerprint density at radius 1 is 1.33 bits per heavy atom. The van der Waals surface area contributed by atoms with Crippen LogP contribution in [0.1, 0.15) is 46.0 Å². The van der Waals surface area contributed by atoms with E-state index < -0.39 is 6.04 Å². The Morgan fingerprint density at radius 2 is 1.87 bits per heavy atom. The lowest BCUT2D eigenvalue weighted by molar-refractivity contribution is -0.146. The molecule has 0 aromatic carbocycles. The minimum atomic E-state index is -0.495. The van der Waals surface area contributed by atoms with Gasteiger partial charge in [0, 0.05) is 0 Å². The molecule has 0 aliphatic heterocycles. The fourth-order valence-electron chi connectivity index (χ4n) is 2.53. The fraction of sp³-hybridized carbons (Fsp3) is 0.917. The molecule has 1 fully saturated rings. The number of carbonyl (C=O) groups is 1. The molecule has 0 spiro atoms. The van der Waals surface area contributed by atoms with Crippen LogP contribution < -0.4 is 5.73 Å². The number of ether oxygens (including phenoxy) is 1. The molecule has 1 aliphatic rings. The van der Waals surface area contributed by atoms with Crippen molar-refractivity contribution in [3.63, 3.8) is 0 Å². The lowest BCUT2D eigenvalue weighted by atomic mass is 9.67. The summed E-state index contributed by atoms with van der Waals surface area (Å²) in [6.45, 7) is 4.18. The minimum absolute atomic E-state index is 0.145. The topological polar surface area (TPSA) is 52.3 Å². The van der Waals surface area contributed by atoms with Crippen LogP contribution >= 0.6 is 0 Å². The van der Waals surface area contributed by atoms with Gasteiger partial charge in [-0.2, -0.15) is 0 Å². The van der Waals surface area contributed by atoms with E-state index in [1.807, 2.05) is 0 Å². The van der Waals surface area contributed by atoms with Crippen molar-refractivity contribution in [2.24, 2.45) is 17.1 Å². The van der Waals surface area contributed by atoms with Crippen LogP contribution in [-0.4, -0.2) is 19.1 Å². The number of esters is 1. The van der Waals surface area contributed by atoms with Gasteiger partial charge in [-0.3, -0.25) is 4.79 Å². The van der Waals surface area contributed by atoms with Crippen LogP contribution in [0.3, 0.4) is 0 Å². The zero-order chi connectivity index (χ0) is 11.5. The summed E-state index contributed by atoms with van der Waals surface area (Å²) in [6.07, 6.45) is 6.24. The first-order valence-corrected chi connectivity index (χ1v) is 5.83. The molecule has 3 nitrogen and oxygen atoms in total. The fourth-order valence-corrected chi connectivity index (χ4v) is 2.53. The number of carbonyl (C=O) groups excluding carboxylic acids is 1. The standard InChI is InChI=1S/C12H23NO2/c1-12(2,10(13)11(14)15-3)9-7-5-4-6-8-9/h9-10H,4-8,13H2,1-3H3. The van der Waals surface area contributed by atoms with E-state index in [0.29, 0.717) is 5.92 Å². The van der Waals surface area contributed by atoms with Crippen molar-refractivity contribution in [2.75, 3.05) is 7.11 Å². The van der Waals surface area contributed by atoms with E-state index in [2.05, 4.69) is 13.8 Å². The van der Waals surface area contributed by atoms with Crippen LogP contribution in [0.5, 0.6) is 0 Å². The Labute approximate surface area is 92.4 Å². The highest BCUT2D eigenvalue weighted by molar-refractivity contribution is 5.76. The molecule has 0 aromatic heterocycles. The molecule has 0 radical (unpaired) electrons. The number of rotatable bonds is 3. The third-order valence-corrected chi connectivity index (χ3v) is 3.91. The molecule has 1 atom stereocenters. The Kier molecular flexibility index (Phi) is 4.14. The van der Waals surface area contributed by atoms with Crippen LogP contribution in [0.25, 0.3) is 0 Å². The smallest absolute Gasteiger partial charge is 0.323 e. The Bertz CT molecular complexity index is 220. The Balaban J connectivity index is 2.66. The number of hydrogen-bond donors (Lipinski definition) is 1. The van der Waals surface area contributed by atoms with Gasteiger partial charge in [0.2, 0.25) is 0 Å². The molecule has 0 heterocycles. The third-order valence-electron chi connectivity index (χ3n) is 3.91.